The Kier molecular flexibility index (Phi) is 1.92. The number of halogens is 1. The molecule has 1 aromatic carbocycles. The third-order valence-electron chi connectivity index (χ3n) is 1.89. The van der Waals surface area contributed by atoms with Crippen molar-refractivity contribution in [3.8, 4) is 12.3 Å². The number of terminal acetylenes is 1. The summed E-state index contributed by atoms with van der Waals surface area (Å²) in [6.45, 7) is 0. The number of fused-ring (bicyclic) bond motifs is 1. The molecule has 0 aliphatic rings. The van der Waals surface area contributed by atoms with E-state index in [0.717, 1.165) is 16.3 Å². The van der Waals surface area contributed by atoms with E-state index in [-0.39, 0.29) is 0 Å². The smallest absolute Gasteiger partial charge is 0.129 e. The summed E-state index contributed by atoms with van der Waals surface area (Å²) in [5, 5.41) is 2.46. The molecule has 0 radical (unpaired) electrons. The molecule has 0 amide bonds. The summed E-state index contributed by atoms with van der Waals surface area (Å²) < 4.78 is 0. The Labute approximate surface area is 81.4 Å². The van der Waals surface area contributed by atoms with Crippen LogP contribution in [-0.4, -0.2) is 4.98 Å². The quantitative estimate of drug-likeness (QED) is 0.457. The van der Waals surface area contributed by atoms with E-state index in [2.05, 4.69) is 10.9 Å². The number of nitrogens with zero attached hydrogens (tertiary/aromatic N) is 1. The van der Waals surface area contributed by atoms with E-state index in [9.17, 15) is 0 Å². The van der Waals surface area contributed by atoms with Crippen LogP contribution in [0.4, 0.5) is 0 Å². The highest BCUT2D eigenvalue weighted by Crippen LogP contribution is 2.19. The van der Waals surface area contributed by atoms with Crippen molar-refractivity contribution in [1.82, 2.24) is 4.98 Å². The maximum Gasteiger partial charge on any atom is 0.129 e. The van der Waals surface area contributed by atoms with Gasteiger partial charge >= 0.3 is 0 Å². The van der Waals surface area contributed by atoms with E-state index in [1.165, 1.54) is 0 Å². The van der Waals surface area contributed by atoms with Crippen molar-refractivity contribution in [2.45, 2.75) is 0 Å². The molecule has 1 nitrogen and oxygen atoms in total. The molecule has 0 spiro atoms. The number of hydrogen-bond donors (Lipinski definition) is 0. The van der Waals surface area contributed by atoms with Crippen LogP contribution < -0.4 is 0 Å². The van der Waals surface area contributed by atoms with Gasteiger partial charge < -0.3 is 0 Å². The highest BCUT2D eigenvalue weighted by atomic mass is 35.5. The molecule has 0 fully saturated rings. The SMILES string of the molecule is C#Cc1cccc2cnc(Cl)cc12. The van der Waals surface area contributed by atoms with E-state index in [4.69, 9.17) is 18.0 Å². The van der Waals surface area contributed by atoms with E-state index in [0.29, 0.717) is 5.15 Å². The monoisotopic (exact) mass is 187 g/mol. The Bertz CT molecular complexity index is 497. The lowest BCUT2D eigenvalue weighted by Gasteiger charge is -1.99. The molecular formula is C11H6ClN. The normalized spacial score (nSPS) is 9.85. The summed E-state index contributed by atoms with van der Waals surface area (Å²) in [7, 11) is 0. The van der Waals surface area contributed by atoms with Gasteiger partial charge in [0.25, 0.3) is 0 Å². The minimum atomic E-state index is 0.468. The molecule has 62 valence electrons. The second-order valence-corrected chi connectivity index (χ2v) is 3.07. The van der Waals surface area contributed by atoms with Gasteiger partial charge in [-0.2, -0.15) is 0 Å². The first-order valence-corrected chi connectivity index (χ1v) is 4.20. The summed E-state index contributed by atoms with van der Waals surface area (Å²) >= 11 is 5.77. The first-order chi connectivity index (χ1) is 6.31. The Balaban J connectivity index is 2.89. The average Bonchev–Trinajstić information content (AvgIpc) is 2.17. The van der Waals surface area contributed by atoms with Crippen LogP contribution in [0, 0.1) is 12.3 Å². The van der Waals surface area contributed by atoms with Crippen LogP contribution in [0.3, 0.4) is 0 Å². The minimum Gasteiger partial charge on any atom is -0.244 e. The van der Waals surface area contributed by atoms with Crippen molar-refractivity contribution in [3.63, 3.8) is 0 Å². The second-order valence-electron chi connectivity index (χ2n) is 2.68. The van der Waals surface area contributed by atoms with Crippen molar-refractivity contribution in [3.05, 3.63) is 41.2 Å². The Morgan fingerprint density at radius 3 is 3.00 bits per heavy atom. The van der Waals surface area contributed by atoms with Crippen molar-refractivity contribution in [2.24, 2.45) is 0 Å². The van der Waals surface area contributed by atoms with Crippen LogP contribution in [0.25, 0.3) is 10.8 Å². The molecule has 0 saturated carbocycles. The summed E-state index contributed by atoms with van der Waals surface area (Å²) in [4.78, 5) is 3.98. The van der Waals surface area contributed by atoms with Gasteiger partial charge in [-0.15, -0.1) is 6.42 Å². The van der Waals surface area contributed by atoms with Crippen molar-refractivity contribution in [1.29, 1.82) is 0 Å². The first kappa shape index (κ1) is 8.10. The van der Waals surface area contributed by atoms with E-state index in [1.807, 2.05) is 18.2 Å². The molecule has 2 heteroatoms. The molecule has 0 unspecified atom stereocenters. The lowest BCUT2D eigenvalue weighted by atomic mass is 10.1. The molecule has 2 aromatic rings. The van der Waals surface area contributed by atoms with E-state index in [1.54, 1.807) is 12.3 Å². The molecule has 1 heterocycles. The molecule has 0 bridgehead atoms. The number of rotatable bonds is 0. The van der Waals surface area contributed by atoms with Crippen LogP contribution in [0.5, 0.6) is 0 Å². The van der Waals surface area contributed by atoms with Gasteiger partial charge in [0.15, 0.2) is 0 Å². The van der Waals surface area contributed by atoms with Crippen molar-refractivity contribution in [2.75, 3.05) is 0 Å². The first-order valence-electron chi connectivity index (χ1n) is 3.82. The third-order valence-corrected chi connectivity index (χ3v) is 2.09. The molecule has 13 heavy (non-hydrogen) atoms. The van der Waals surface area contributed by atoms with Gasteiger partial charge in [-0.3, -0.25) is 0 Å². The minimum absolute atomic E-state index is 0.468. The maximum atomic E-state index is 5.77. The average molecular weight is 188 g/mol. The molecule has 0 atom stereocenters. The fourth-order valence-electron chi connectivity index (χ4n) is 1.27. The zero-order valence-electron chi connectivity index (χ0n) is 6.79. The van der Waals surface area contributed by atoms with Crippen molar-refractivity contribution < 1.29 is 0 Å². The highest BCUT2D eigenvalue weighted by Gasteiger charge is 1.99. The number of aromatic nitrogens is 1. The third kappa shape index (κ3) is 1.37. The standard InChI is InChI=1S/C11H6ClN/c1-2-8-4-3-5-9-7-13-11(12)6-10(8)9/h1,3-7H. The zero-order chi connectivity index (χ0) is 9.26. The largest absolute Gasteiger partial charge is 0.244 e. The van der Waals surface area contributed by atoms with Gasteiger partial charge in [-0.05, 0) is 12.1 Å². The number of benzene rings is 1. The molecule has 0 aliphatic carbocycles. The van der Waals surface area contributed by atoms with Gasteiger partial charge in [-0.1, -0.05) is 29.7 Å². The summed E-state index contributed by atoms with van der Waals surface area (Å²) in [6.07, 6.45) is 7.07. The second kappa shape index (κ2) is 3.08. The van der Waals surface area contributed by atoms with Crippen LogP contribution in [0.2, 0.25) is 5.15 Å². The van der Waals surface area contributed by atoms with E-state index < -0.39 is 0 Å². The van der Waals surface area contributed by atoms with Gasteiger partial charge in [0.1, 0.15) is 5.15 Å². The predicted octanol–water partition coefficient (Wildman–Crippen LogP) is 2.87. The highest BCUT2D eigenvalue weighted by molar-refractivity contribution is 6.30. The lowest BCUT2D eigenvalue weighted by molar-refractivity contribution is 1.36. The molecule has 0 N–H and O–H groups in total. The fourth-order valence-corrected chi connectivity index (χ4v) is 1.43. The molecular weight excluding hydrogens is 182 g/mol. The van der Waals surface area contributed by atoms with E-state index >= 15 is 0 Å². The fraction of sp³-hybridized carbons (Fsp3) is 0. The van der Waals surface area contributed by atoms with Gasteiger partial charge in [0.05, 0.1) is 0 Å². The Morgan fingerprint density at radius 2 is 2.23 bits per heavy atom. The summed E-state index contributed by atoms with van der Waals surface area (Å²) in [5.74, 6) is 2.61. The molecule has 0 aliphatic heterocycles. The van der Waals surface area contributed by atoms with Crippen molar-refractivity contribution >= 4 is 22.4 Å². The molecule has 1 aromatic heterocycles. The van der Waals surface area contributed by atoms with Gasteiger partial charge in [0.2, 0.25) is 0 Å². The topological polar surface area (TPSA) is 12.9 Å². The number of hydrogen-bond acceptors (Lipinski definition) is 1. The van der Waals surface area contributed by atoms with Gasteiger partial charge in [0, 0.05) is 22.5 Å². The summed E-state index contributed by atoms with van der Waals surface area (Å²) in [5.41, 5.74) is 0.849. The van der Waals surface area contributed by atoms with Crippen LogP contribution in [0.1, 0.15) is 5.56 Å². The van der Waals surface area contributed by atoms with Gasteiger partial charge in [-0.25, -0.2) is 4.98 Å². The number of pyridine rings is 1. The molecule has 2 rings (SSSR count). The zero-order valence-corrected chi connectivity index (χ0v) is 7.55. The van der Waals surface area contributed by atoms with Crippen LogP contribution in [0.15, 0.2) is 30.5 Å². The van der Waals surface area contributed by atoms with Crippen LogP contribution >= 0.6 is 11.6 Å². The lowest BCUT2D eigenvalue weighted by Crippen LogP contribution is -1.81. The Hall–Kier alpha value is -1.52. The Morgan fingerprint density at radius 1 is 1.38 bits per heavy atom. The summed E-state index contributed by atoms with van der Waals surface area (Å²) in [6, 6.07) is 7.54. The predicted molar refractivity (Wildman–Crippen MR) is 54.7 cm³/mol. The molecule has 0 saturated heterocycles. The van der Waals surface area contributed by atoms with Crippen LogP contribution in [-0.2, 0) is 0 Å². The maximum absolute atomic E-state index is 5.77.